The molecule has 0 unspecified atom stereocenters. The number of esters is 1. The summed E-state index contributed by atoms with van der Waals surface area (Å²) in [5, 5.41) is 0. The third-order valence-electron chi connectivity index (χ3n) is 3.23. The zero-order valence-electron chi connectivity index (χ0n) is 14.1. The van der Waals surface area contributed by atoms with Crippen molar-refractivity contribution >= 4 is 17.8 Å². The number of rotatable bonds is 9. The average molecular weight is 336 g/mol. The quantitative estimate of drug-likeness (QED) is 0.311. The summed E-state index contributed by atoms with van der Waals surface area (Å²) in [5.41, 5.74) is 4.74. The van der Waals surface area contributed by atoms with E-state index in [2.05, 4.69) is 22.5 Å². The molecule has 2 amide bonds. The predicted molar refractivity (Wildman–Crippen MR) is 88.3 cm³/mol. The average Bonchev–Trinajstić information content (AvgIpc) is 2.60. The molecule has 0 saturated heterocycles. The van der Waals surface area contributed by atoms with Crippen LogP contribution in [0.25, 0.3) is 0 Å². The molecule has 1 aromatic carbocycles. The SMILES string of the molecule is CCCCCCOc1ccc(C(=O)NNC(=O)CC(=O)OC)cc1. The van der Waals surface area contributed by atoms with Gasteiger partial charge in [0, 0.05) is 5.56 Å². The smallest absolute Gasteiger partial charge is 0.315 e. The first-order chi connectivity index (χ1) is 11.6. The number of hydrogen-bond donors (Lipinski definition) is 2. The lowest BCUT2D eigenvalue weighted by Gasteiger charge is -2.08. The lowest BCUT2D eigenvalue weighted by molar-refractivity contribution is -0.144. The largest absolute Gasteiger partial charge is 0.494 e. The normalized spacial score (nSPS) is 9.92. The van der Waals surface area contributed by atoms with Gasteiger partial charge in [0.25, 0.3) is 5.91 Å². The Morgan fingerprint density at radius 1 is 1.00 bits per heavy atom. The first kappa shape index (κ1) is 19.5. The molecule has 0 saturated carbocycles. The van der Waals surface area contributed by atoms with E-state index >= 15 is 0 Å². The Morgan fingerprint density at radius 3 is 2.33 bits per heavy atom. The molecule has 1 aromatic rings. The van der Waals surface area contributed by atoms with E-state index in [9.17, 15) is 14.4 Å². The topological polar surface area (TPSA) is 93.7 Å². The Morgan fingerprint density at radius 2 is 1.71 bits per heavy atom. The third-order valence-corrected chi connectivity index (χ3v) is 3.23. The molecule has 0 aliphatic heterocycles. The molecule has 0 aliphatic carbocycles. The first-order valence-corrected chi connectivity index (χ1v) is 7.95. The summed E-state index contributed by atoms with van der Waals surface area (Å²) in [6, 6.07) is 6.60. The van der Waals surface area contributed by atoms with Gasteiger partial charge in [0.15, 0.2) is 0 Å². The number of methoxy groups -OCH3 is 1. The molecule has 7 heteroatoms. The Bertz CT molecular complexity index is 542. The van der Waals surface area contributed by atoms with Crippen LogP contribution >= 0.6 is 0 Å². The Balaban J connectivity index is 2.35. The zero-order chi connectivity index (χ0) is 17.8. The van der Waals surface area contributed by atoms with Crippen LogP contribution in [0.5, 0.6) is 5.75 Å². The van der Waals surface area contributed by atoms with Crippen molar-refractivity contribution in [2.24, 2.45) is 0 Å². The van der Waals surface area contributed by atoms with Crippen LogP contribution in [-0.4, -0.2) is 31.5 Å². The molecule has 7 nitrogen and oxygen atoms in total. The van der Waals surface area contributed by atoms with Gasteiger partial charge in [0.2, 0.25) is 5.91 Å². The van der Waals surface area contributed by atoms with Crippen LogP contribution in [-0.2, 0) is 14.3 Å². The molecule has 0 heterocycles. The van der Waals surface area contributed by atoms with Crippen LogP contribution < -0.4 is 15.6 Å². The van der Waals surface area contributed by atoms with E-state index in [4.69, 9.17) is 4.74 Å². The highest BCUT2D eigenvalue weighted by molar-refractivity contribution is 5.98. The van der Waals surface area contributed by atoms with E-state index in [1.807, 2.05) is 0 Å². The Hall–Kier alpha value is -2.57. The van der Waals surface area contributed by atoms with Gasteiger partial charge in [-0.3, -0.25) is 25.2 Å². The maximum Gasteiger partial charge on any atom is 0.315 e. The fraction of sp³-hybridized carbons (Fsp3) is 0.471. The van der Waals surface area contributed by atoms with E-state index in [1.54, 1.807) is 24.3 Å². The van der Waals surface area contributed by atoms with E-state index in [0.717, 1.165) is 12.8 Å². The minimum Gasteiger partial charge on any atom is -0.494 e. The van der Waals surface area contributed by atoms with Crippen LogP contribution in [0.2, 0.25) is 0 Å². The highest BCUT2D eigenvalue weighted by Gasteiger charge is 2.11. The van der Waals surface area contributed by atoms with Gasteiger partial charge in [-0.1, -0.05) is 26.2 Å². The molecule has 2 N–H and O–H groups in total. The number of benzene rings is 1. The second-order valence-corrected chi connectivity index (χ2v) is 5.19. The summed E-state index contributed by atoms with van der Waals surface area (Å²) in [5.74, 6) is -1.12. The molecule has 0 aliphatic rings. The molecular weight excluding hydrogens is 312 g/mol. The first-order valence-electron chi connectivity index (χ1n) is 7.95. The number of carbonyl (C=O) groups is 3. The van der Waals surface area contributed by atoms with Crippen molar-refractivity contribution in [3.63, 3.8) is 0 Å². The van der Waals surface area contributed by atoms with Gasteiger partial charge in [-0.25, -0.2) is 0 Å². The van der Waals surface area contributed by atoms with Gasteiger partial charge in [-0.05, 0) is 30.7 Å². The summed E-state index contributed by atoms with van der Waals surface area (Å²) in [7, 11) is 1.18. The Kier molecular flexibility index (Phi) is 8.96. The van der Waals surface area contributed by atoms with Gasteiger partial charge < -0.3 is 9.47 Å². The van der Waals surface area contributed by atoms with Crippen LogP contribution in [0.3, 0.4) is 0 Å². The highest BCUT2D eigenvalue weighted by Crippen LogP contribution is 2.13. The van der Waals surface area contributed by atoms with Gasteiger partial charge in [-0.2, -0.15) is 0 Å². The number of nitrogens with one attached hydrogen (secondary N) is 2. The van der Waals surface area contributed by atoms with Crippen molar-refractivity contribution in [1.29, 1.82) is 0 Å². The van der Waals surface area contributed by atoms with E-state index in [-0.39, 0.29) is 0 Å². The highest BCUT2D eigenvalue weighted by atomic mass is 16.5. The number of ether oxygens (including phenoxy) is 2. The van der Waals surface area contributed by atoms with Crippen molar-refractivity contribution in [2.75, 3.05) is 13.7 Å². The van der Waals surface area contributed by atoms with Crippen LogP contribution in [0, 0.1) is 0 Å². The standard InChI is InChI=1S/C17H24N2O5/c1-3-4-5-6-11-24-14-9-7-13(8-10-14)17(22)19-18-15(20)12-16(21)23-2/h7-10H,3-6,11-12H2,1-2H3,(H,18,20)(H,19,22). The van der Waals surface area contributed by atoms with Crippen LogP contribution in [0.1, 0.15) is 49.4 Å². The fourth-order valence-electron chi connectivity index (χ4n) is 1.87. The molecule has 0 aromatic heterocycles. The number of amides is 2. The molecule has 1 rings (SSSR count). The van der Waals surface area contributed by atoms with E-state index in [0.29, 0.717) is 17.9 Å². The molecule has 0 spiro atoms. The van der Waals surface area contributed by atoms with E-state index < -0.39 is 24.2 Å². The molecule has 0 bridgehead atoms. The van der Waals surface area contributed by atoms with E-state index in [1.165, 1.54) is 20.0 Å². The lowest BCUT2D eigenvalue weighted by atomic mass is 10.2. The van der Waals surface area contributed by atoms with Gasteiger partial charge >= 0.3 is 5.97 Å². The molecule has 24 heavy (non-hydrogen) atoms. The molecule has 0 atom stereocenters. The van der Waals surface area contributed by atoms with Crippen molar-refractivity contribution < 1.29 is 23.9 Å². The second kappa shape index (κ2) is 11.0. The summed E-state index contributed by atoms with van der Waals surface area (Å²) in [6.45, 7) is 2.80. The summed E-state index contributed by atoms with van der Waals surface area (Å²) < 4.78 is 9.94. The maximum absolute atomic E-state index is 11.9. The zero-order valence-corrected chi connectivity index (χ0v) is 14.1. The Labute approximate surface area is 141 Å². The number of unbranched alkanes of at least 4 members (excludes halogenated alkanes) is 3. The number of hydrogen-bond acceptors (Lipinski definition) is 5. The second-order valence-electron chi connectivity index (χ2n) is 5.19. The minimum atomic E-state index is -0.679. The van der Waals surface area contributed by atoms with Crippen molar-refractivity contribution in [3.05, 3.63) is 29.8 Å². The molecular formula is C17H24N2O5. The number of carbonyl (C=O) groups excluding carboxylic acids is 3. The fourth-order valence-corrected chi connectivity index (χ4v) is 1.87. The van der Waals surface area contributed by atoms with Gasteiger partial charge in [-0.15, -0.1) is 0 Å². The lowest BCUT2D eigenvalue weighted by Crippen LogP contribution is -2.42. The van der Waals surface area contributed by atoms with Crippen molar-refractivity contribution in [2.45, 2.75) is 39.0 Å². The summed E-state index contributed by atoms with van der Waals surface area (Å²) in [6.07, 6.45) is 4.07. The van der Waals surface area contributed by atoms with Crippen LogP contribution in [0.4, 0.5) is 0 Å². The van der Waals surface area contributed by atoms with Crippen molar-refractivity contribution in [1.82, 2.24) is 10.9 Å². The third kappa shape index (κ3) is 7.62. The molecule has 0 fully saturated rings. The van der Waals surface area contributed by atoms with Crippen molar-refractivity contribution in [3.8, 4) is 5.75 Å². The molecule has 132 valence electrons. The summed E-state index contributed by atoms with van der Waals surface area (Å²) >= 11 is 0. The van der Waals surface area contributed by atoms with Gasteiger partial charge in [0.1, 0.15) is 12.2 Å². The summed E-state index contributed by atoms with van der Waals surface area (Å²) in [4.78, 5) is 34.1. The predicted octanol–water partition coefficient (Wildman–Crippen LogP) is 1.97. The van der Waals surface area contributed by atoms with Gasteiger partial charge in [0.05, 0.1) is 13.7 Å². The monoisotopic (exact) mass is 336 g/mol. The van der Waals surface area contributed by atoms with Crippen LogP contribution in [0.15, 0.2) is 24.3 Å². The maximum atomic E-state index is 11.9. The number of hydrazine groups is 1. The minimum absolute atomic E-state index is 0.367. The molecule has 0 radical (unpaired) electrons.